The highest BCUT2D eigenvalue weighted by Crippen LogP contribution is 2.37. The second-order valence-corrected chi connectivity index (χ2v) is 6.21. The lowest BCUT2D eigenvalue weighted by Gasteiger charge is -2.27. The van der Waals surface area contributed by atoms with E-state index in [9.17, 15) is 14.4 Å². The first kappa shape index (κ1) is 14.1. The van der Waals surface area contributed by atoms with Gasteiger partial charge in [-0.25, -0.2) is 9.78 Å². The number of aromatic amines is 3. The fourth-order valence-corrected chi connectivity index (χ4v) is 2.98. The second kappa shape index (κ2) is 5.31. The van der Waals surface area contributed by atoms with Crippen molar-refractivity contribution in [2.45, 2.75) is 38.3 Å². The van der Waals surface area contributed by atoms with Gasteiger partial charge in [-0.05, 0) is 12.8 Å². The summed E-state index contributed by atoms with van der Waals surface area (Å²) in [6, 6.07) is 0. The smallest absolute Gasteiger partial charge is 0.314 e. The third-order valence-electron chi connectivity index (χ3n) is 4.42. The van der Waals surface area contributed by atoms with Gasteiger partial charge in [0.1, 0.15) is 5.82 Å². The maximum atomic E-state index is 12.3. The Labute approximate surface area is 130 Å². The van der Waals surface area contributed by atoms with Crippen LogP contribution in [0.2, 0.25) is 0 Å². The first-order chi connectivity index (χ1) is 11.1. The summed E-state index contributed by atoms with van der Waals surface area (Å²) in [5, 5.41) is 0. The van der Waals surface area contributed by atoms with Gasteiger partial charge < -0.3 is 9.97 Å². The summed E-state index contributed by atoms with van der Waals surface area (Å²) in [5.41, 5.74) is 1.06. The molecule has 0 radical (unpaired) electrons. The summed E-state index contributed by atoms with van der Waals surface area (Å²) in [6.07, 6.45) is 4.32. The third-order valence-corrected chi connectivity index (χ3v) is 4.42. The quantitative estimate of drug-likeness (QED) is 0.712. The third kappa shape index (κ3) is 2.77. The van der Waals surface area contributed by atoms with Crippen molar-refractivity contribution >= 4 is 0 Å². The predicted molar refractivity (Wildman–Crippen MR) is 82.3 cm³/mol. The highest BCUT2D eigenvalue weighted by atomic mass is 16.2. The van der Waals surface area contributed by atoms with Gasteiger partial charge in [-0.2, -0.15) is 0 Å². The summed E-state index contributed by atoms with van der Waals surface area (Å²) in [5.74, 6) is 1.24. The number of nitrogens with zero attached hydrogens (tertiary/aromatic N) is 2. The molecule has 1 fully saturated rings. The van der Waals surface area contributed by atoms with Crippen molar-refractivity contribution in [1.82, 2.24) is 24.8 Å². The van der Waals surface area contributed by atoms with Crippen molar-refractivity contribution in [3.8, 4) is 0 Å². The lowest BCUT2D eigenvalue weighted by molar-refractivity contribution is 0.240. The van der Waals surface area contributed by atoms with Crippen LogP contribution >= 0.6 is 0 Å². The Balaban J connectivity index is 1.57. The van der Waals surface area contributed by atoms with Gasteiger partial charge in [0.25, 0.3) is 11.1 Å². The zero-order chi connectivity index (χ0) is 16.0. The first-order valence-corrected chi connectivity index (χ1v) is 7.75. The predicted octanol–water partition coefficient (Wildman–Crippen LogP) is -0.418. The standard InChI is InChI=1S/C15H17N5O3/c21-13-9(5-16-15(23)19-13)6-20-4-3-11-10(7-20)14(22)18-12(17-11)8-1-2-8/h5,8H,1-4,6-7H2,(H,17,18,22)(H2,16,19,21,23). The number of nitrogens with one attached hydrogen (secondary N) is 3. The van der Waals surface area contributed by atoms with Gasteiger partial charge in [-0.3, -0.25) is 19.5 Å². The van der Waals surface area contributed by atoms with Gasteiger partial charge >= 0.3 is 5.69 Å². The number of fused-ring (bicyclic) bond motifs is 1. The molecule has 1 aliphatic heterocycles. The lowest BCUT2D eigenvalue weighted by atomic mass is 10.1. The molecule has 8 nitrogen and oxygen atoms in total. The minimum absolute atomic E-state index is 0.0722. The second-order valence-electron chi connectivity index (χ2n) is 6.21. The molecule has 1 saturated carbocycles. The van der Waals surface area contributed by atoms with Crippen molar-refractivity contribution in [2.24, 2.45) is 0 Å². The van der Waals surface area contributed by atoms with Crippen LogP contribution in [0.1, 0.15) is 41.4 Å². The fourth-order valence-electron chi connectivity index (χ4n) is 2.98. The minimum atomic E-state index is -0.518. The number of rotatable bonds is 3. The van der Waals surface area contributed by atoms with E-state index in [1.165, 1.54) is 6.20 Å². The van der Waals surface area contributed by atoms with Crippen molar-refractivity contribution in [1.29, 1.82) is 0 Å². The number of hydrogen-bond acceptors (Lipinski definition) is 5. The van der Waals surface area contributed by atoms with Crippen LogP contribution < -0.4 is 16.8 Å². The van der Waals surface area contributed by atoms with Crippen LogP contribution in [0.25, 0.3) is 0 Å². The molecule has 2 aromatic rings. The Bertz CT molecular complexity index is 922. The van der Waals surface area contributed by atoms with E-state index in [1.807, 2.05) is 4.90 Å². The average molecular weight is 315 g/mol. The molecule has 0 saturated heterocycles. The molecule has 120 valence electrons. The Morgan fingerprint density at radius 2 is 2.00 bits per heavy atom. The summed E-state index contributed by atoms with van der Waals surface area (Å²) in [6.45, 7) is 1.57. The molecule has 0 aromatic carbocycles. The van der Waals surface area contributed by atoms with E-state index in [2.05, 4.69) is 19.9 Å². The van der Waals surface area contributed by atoms with Gasteiger partial charge in [0.15, 0.2) is 0 Å². The van der Waals surface area contributed by atoms with E-state index in [0.29, 0.717) is 36.6 Å². The molecule has 8 heteroatoms. The van der Waals surface area contributed by atoms with Gasteiger partial charge in [0.2, 0.25) is 0 Å². The van der Waals surface area contributed by atoms with E-state index in [1.54, 1.807) is 0 Å². The highest BCUT2D eigenvalue weighted by Gasteiger charge is 2.29. The maximum absolute atomic E-state index is 12.3. The Kier molecular flexibility index (Phi) is 3.26. The van der Waals surface area contributed by atoms with Crippen molar-refractivity contribution < 1.29 is 0 Å². The van der Waals surface area contributed by atoms with Crippen LogP contribution in [0.15, 0.2) is 20.6 Å². The van der Waals surface area contributed by atoms with E-state index in [-0.39, 0.29) is 5.56 Å². The Hall–Kier alpha value is -2.48. The van der Waals surface area contributed by atoms with Crippen molar-refractivity contribution in [3.05, 3.63) is 60.0 Å². The van der Waals surface area contributed by atoms with Gasteiger partial charge in [0.05, 0.1) is 11.3 Å². The molecule has 0 bridgehead atoms. The number of aromatic nitrogens is 4. The van der Waals surface area contributed by atoms with Crippen LogP contribution in [0, 0.1) is 0 Å². The SMILES string of the molecule is O=c1[nH]cc(CN2CCc3nc(C4CC4)[nH]c(=O)c3C2)c(=O)[nH]1. The lowest BCUT2D eigenvalue weighted by Crippen LogP contribution is -2.37. The molecule has 0 atom stereocenters. The van der Waals surface area contributed by atoms with E-state index >= 15 is 0 Å². The Morgan fingerprint density at radius 1 is 1.17 bits per heavy atom. The van der Waals surface area contributed by atoms with Gasteiger partial charge in [-0.1, -0.05) is 0 Å². The van der Waals surface area contributed by atoms with Crippen LogP contribution in [0.4, 0.5) is 0 Å². The minimum Gasteiger partial charge on any atom is -0.314 e. The van der Waals surface area contributed by atoms with E-state index in [4.69, 9.17) is 0 Å². The van der Waals surface area contributed by atoms with Gasteiger partial charge in [-0.15, -0.1) is 0 Å². The number of H-pyrrole nitrogens is 3. The molecule has 2 aliphatic rings. The van der Waals surface area contributed by atoms with Crippen LogP contribution in [-0.2, 0) is 19.5 Å². The summed E-state index contributed by atoms with van der Waals surface area (Å²) in [4.78, 5) is 49.3. The molecule has 3 N–H and O–H groups in total. The zero-order valence-corrected chi connectivity index (χ0v) is 12.5. The van der Waals surface area contributed by atoms with E-state index in [0.717, 1.165) is 30.9 Å². The fraction of sp³-hybridized carbons (Fsp3) is 0.467. The molecule has 0 amide bonds. The van der Waals surface area contributed by atoms with Crippen LogP contribution in [-0.4, -0.2) is 31.4 Å². The molecular weight excluding hydrogens is 298 g/mol. The van der Waals surface area contributed by atoms with Crippen molar-refractivity contribution in [3.63, 3.8) is 0 Å². The topological polar surface area (TPSA) is 115 Å². The molecule has 4 rings (SSSR count). The van der Waals surface area contributed by atoms with Gasteiger partial charge in [0, 0.05) is 43.7 Å². The summed E-state index contributed by atoms with van der Waals surface area (Å²) >= 11 is 0. The summed E-state index contributed by atoms with van der Waals surface area (Å²) < 4.78 is 0. The molecular formula is C15H17N5O3. The average Bonchev–Trinajstić information content (AvgIpc) is 3.35. The molecule has 0 unspecified atom stereocenters. The molecule has 3 heterocycles. The maximum Gasteiger partial charge on any atom is 0.325 e. The van der Waals surface area contributed by atoms with Crippen molar-refractivity contribution in [2.75, 3.05) is 6.54 Å². The molecule has 0 spiro atoms. The number of hydrogen-bond donors (Lipinski definition) is 3. The summed E-state index contributed by atoms with van der Waals surface area (Å²) in [7, 11) is 0. The molecule has 23 heavy (non-hydrogen) atoms. The zero-order valence-electron chi connectivity index (χ0n) is 12.5. The first-order valence-electron chi connectivity index (χ1n) is 7.75. The normalized spacial score (nSPS) is 17.9. The van der Waals surface area contributed by atoms with E-state index < -0.39 is 11.2 Å². The van der Waals surface area contributed by atoms with Crippen LogP contribution in [0.5, 0.6) is 0 Å². The monoisotopic (exact) mass is 315 g/mol. The molecule has 1 aliphatic carbocycles. The molecule has 2 aromatic heterocycles. The van der Waals surface area contributed by atoms with Crippen LogP contribution in [0.3, 0.4) is 0 Å². The highest BCUT2D eigenvalue weighted by molar-refractivity contribution is 5.23. The Morgan fingerprint density at radius 3 is 2.74 bits per heavy atom. The largest absolute Gasteiger partial charge is 0.325 e.